The summed E-state index contributed by atoms with van der Waals surface area (Å²) in [5.41, 5.74) is 6.76. The summed E-state index contributed by atoms with van der Waals surface area (Å²) in [5, 5.41) is 2.96. The zero-order valence-corrected chi connectivity index (χ0v) is 9.74. The van der Waals surface area contributed by atoms with E-state index in [1.54, 1.807) is 0 Å². The number of thiophene rings is 1. The molecule has 0 bridgehead atoms. The Morgan fingerprint density at radius 3 is 2.94 bits per heavy atom. The summed E-state index contributed by atoms with van der Waals surface area (Å²) in [7, 11) is 0. The van der Waals surface area contributed by atoms with Gasteiger partial charge in [-0.2, -0.15) is 0 Å². The van der Waals surface area contributed by atoms with Crippen LogP contribution in [0.4, 0.5) is 5.00 Å². The Hall–Kier alpha value is -1.36. The normalized spacial score (nSPS) is 27.6. The molecule has 0 saturated heterocycles. The average Bonchev–Trinajstić information content (AvgIpc) is 2.54. The molecule has 0 fully saturated rings. The molecule has 2 amide bonds. The van der Waals surface area contributed by atoms with E-state index in [-0.39, 0.29) is 11.8 Å². The number of carbonyl (C=O) groups is 2. The number of nitrogens with one attached hydrogen (secondary N) is 1. The Morgan fingerprint density at radius 1 is 1.44 bits per heavy atom. The second kappa shape index (κ2) is 2.85. The van der Waals surface area contributed by atoms with Gasteiger partial charge in [-0.3, -0.25) is 14.9 Å². The van der Waals surface area contributed by atoms with Gasteiger partial charge in [-0.25, -0.2) is 0 Å². The number of aryl methyl sites for hydroxylation is 1. The summed E-state index contributed by atoms with van der Waals surface area (Å²) < 4.78 is 0. The maximum Gasteiger partial charge on any atom is 0.261 e. The Balaban J connectivity index is 2.36. The third-order valence-electron chi connectivity index (χ3n) is 3.60. The first-order valence-corrected chi connectivity index (χ1v) is 6.13. The van der Waals surface area contributed by atoms with Crippen molar-refractivity contribution in [1.29, 1.82) is 0 Å². The van der Waals surface area contributed by atoms with Crippen LogP contribution in [0.25, 0.3) is 0 Å². The summed E-state index contributed by atoms with van der Waals surface area (Å²) in [5.74, 6) is -0.511. The molecular weight excluding hydrogens is 224 g/mol. The Bertz CT molecular complexity index is 520. The summed E-state index contributed by atoms with van der Waals surface area (Å²) >= 11 is 1.45. The highest BCUT2D eigenvalue weighted by Crippen LogP contribution is 2.47. The first kappa shape index (κ1) is 9.84. The molecule has 1 aliphatic heterocycles. The zero-order valence-electron chi connectivity index (χ0n) is 8.92. The SMILES string of the molecule is CC12CCCc3sc(N)c(c31)C(=O)NC2=O. The largest absolute Gasteiger partial charge is 0.390 e. The van der Waals surface area contributed by atoms with Gasteiger partial charge < -0.3 is 5.73 Å². The van der Waals surface area contributed by atoms with Gasteiger partial charge in [-0.15, -0.1) is 11.3 Å². The van der Waals surface area contributed by atoms with Crippen LogP contribution in [-0.2, 0) is 16.6 Å². The highest BCUT2D eigenvalue weighted by atomic mass is 32.1. The maximum atomic E-state index is 11.9. The van der Waals surface area contributed by atoms with E-state index >= 15 is 0 Å². The first-order valence-electron chi connectivity index (χ1n) is 5.31. The van der Waals surface area contributed by atoms with E-state index in [2.05, 4.69) is 5.32 Å². The Morgan fingerprint density at radius 2 is 2.19 bits per heavy atom. The Kier molecular flexibility index (Phi) is 1.75. The molecule has 2 heterocycles. The maximum absolute atomic E-state index is 11.9. The number of nitrogen functional groups attached to an aromatic ring is 1. The summed E-state index contributed by atoms with van der Waals surface area (Å²) in [4.78, 5) is 24.8. The number of imide groups is 1. The predicted octanol–water partition coefficient (Wildman–Crippen LogP) is 1.19. The van der Waals surface area contributed by atoms with Gasteiger partial charge in [0.05, 0.1) is 16.0 Å². The van der Waals surface area contributed by atoms with Crippen molar-refractivity contribution in [3.8, 4) is 0 Å². The molecule has 3 N–H and O–H groups in total. The lowest BCUT2D eigenvalue weighted by Gasteiger charge is -2.36. The van der Waals surface area contributed by atoms with Crippen LogP contribution in [0.2, 0.25) is 0 Å². The van der Waals surface area contributed by atoms with E-state index in [1.807, 2.05) is 6.92 Å². The molecule has 2 aliphatic rings. The number of carbonyl (C=O) groups excluding carboxylic acids is 2. The van der Waals surface area contributed by atoms with Gasteiger partial charge in [0.25, 0.3) is 5.91 Å². The van der Waals surface area contributed by atoms with Gasteiger partial charge in [0.2, 0.25) is 5.91 Å². The minimum atomic E-state index is -0.551. The first-order chi connectivity index (χ1) is 7.54. The number of hydrogen-bond acceptors (Lipinski definition) is 4. The van der Waals surface area contributed by atoms with E-state index in [9.17, 15) is 9.59 Å². The van der Waals surface area contributed by atoms with Crippen LogP contribution in [-0.4, -0.2) is 11.8 Å². The molecule has 1 aliphatic carbocycles. The molecule has 0 radical (unpaired) electrons. The molecule has 1 aromatic heterocycles. The lowest BCUT2D eigenvalue weighted by atomic mass is 9.70. The van der Waals surface area contributed by atoms with Gasteiger partial charge in [0.15, 0.2) is 0 Å². The van der Waals surface area contributed by atoms with Crippen LogP contribution in [0, 0.1) is 0 Å². The van der Waals surface area contributed by atoms with Crippen LogP contribution in [0.15, 0.2) is 0 Å². The molecule has 0 saturated carbocycles. The van der Waals surface area contributed by atoms with Crippen molar-refractivity contribution >= 4 is 28.2 Å². The van der Waals surface area contributed by atoms with Crippen molar-refractivity contribution in [2.75, 3.05) is 5.73 Å². The number of rotatable bonds is 0. The predicted molar refractivity (Wildman–Crippen MR) is 61.5 cm³/mol. The van der Waals surface area contributed by atoms with Gasteiger partial charge in [0, 0.05) is 4.88 Å². The second-order valence-electron chi connectivity index (χ2n) is 4.61. The highest BCUT2D eigenvalue weighted by Gasteiger charge is 2.48. The van der Waals surface area contributed by atoms with Crippen molar-refractivity contribution < 1.29 is 9.59 Å². The molecule has 3 rings (SSSR count). The van der Waals surface area contributed by atoms with Gasteiger partial charge in [-0.1, -0.05) is 0 Å². The van der Waals surface area contributed by atoms with Crippen molar-refractivity contribution in [3.63, 3.8) is 0 Å². The zero-order chi connectivity index (χ0) is 11.5. The van der Waals surface area contributed by atoms with Gasteiger partial charge in [0.1, 0.15) is 0 Å². The second-order valence-corrected chi connectivity index (χ2v) is 5.75. The van der Waals surface area contributed by atoms with Crippen LogP contribution in [0.5, 0.6) is 0 Å². The fourth-order valence-corrected chi connectivity index (χ4v) is 3.98. The lowest BCUT2D eigenvalue weighted by molar-refractivity contribution is -0.126. The van der Waals surface area contributed by atoms with Crippen LogP contribution in [0.3, 0.4) is 0 Å². The van der Waals surface area contributed by atoms with Crippen molar-refractivity contribution in [1.82, 2.24) is 5.32 Å². The molecule has 84 valence electrons. The fraction of sp³-hybridized carbons (Fsp3) is 0.455. The van der Waals surface area contributed by atoms with Gasteiger partial charge >= 0.3 is 0 Å². The summed E-state index contributed by atoms with van der Waals surface area (Å²) in [6.07, 6.45) is 2.70. The minimum Gasteiger partial charge on any atom is -0.390 e. The lowest BCUT2D eigenvalue weighted by Crippen LogP contribution is -2.51. The number of amides is 2. The molecule has 5 heteroatoms. The van der Waals surface area contributed by atoms with Crippen LogP contribution < -0.4 is 11.1 Å². The van der Waals surface area contributed by atoms with Gasteiger partial charge in [-0.05, 0) is 31.7 Å². The molecule has 0 spiro atoms. The molecule has 0 aromatic carbocycles. The molecule has 1 aromatic rings. The van der Waals surface area contributed by atoms with Crippen molar-refractivity contribution in [3.05, 3.63) is 16.0 Å². The summed E-state index contributed by atoms with van der Waals surface area (Å²) in [6.45, 7) is 1.91. The monoisotopic (exact) mass is 236 g/mol. The van der Waals surface area contributed by atoms with E-state index < -0.39 is 5.41 Å². The van der Waals surface area contributed by atoms with E-state index in [1.165, 1.54) is 11.3 Å². The van der Waals surface area contributed by atoms with E-state index in [0.29, 0.717) is 10.6 Å². The molecule has 16 heavy (non-hydrogen) atoms. The van der Waals surface area contributed by atoms with Crippen molar-refractivity contribution in [2.24, 2.45) is 0 Å². The molecule has 1 unspecified atom stereocenters. The van der Waals surface area contributed by atoms with E-state index in [4.69, 9.17) is 5.73 Å². The van der Waals surface area contributed by atoms with Crippen LogP contribution >= 0.6 is 11.3 Å². The third-order valence-corrected chi connectivity index (χ3v) is 4.67. The number of hydrogen-bond donors (Lipinski definition) is 2. The number of anilines is 1. The average molecular weight is 236 g/mol. The van der Waals surface area contributed by atoms with E-state index in [0.717, 1.165) is 29.7 Å². The Labute approximate surface area is 96.8 Å². The molecule has 4 nitrogen and oxygen atoms in total. The highest BCUT2D eigenvalue weighted by molar-refractivity contribution is 7.16. The van der Waals surface area contributed by atoms with Crippen molar-refractivity contribution in [2.45, 2.75) is 31.6 Å². The fourth-order valence-electron chi connectivity index (χ4n) is 2.74. The molecule has 1 atom stereocenters. The topological polar surface area (TPSA) is 72.2 Å². The molecular formula is C11H12N2O2S. The number of nitrogens with two attached hydrogens (primary N) is 1. The third kappa shape index (κ3) is 0.988. The van der Waals surface area contributed by atoms with Crippen LogP contribution in [0.1, 0.15) is 40.6 Å². The quantitative estimate of drug-likeness (QED) is 0.665. The summed E-state index contributed by atoms with van der Waals surface area (Å²) in [6, 6.07) is 0. The smallest absolute Gasteiger partial charge is 0.261 e. The minimum absolute atomic E-state index is 0.177. The standard InChI is InChI=1S/C11H12N2O2S/c1-11-4-2-3-5-7(11)6(8(12)16-5)9(14)13-10(11)15/h2-4,12H2,1H3,(H,13,14,15).